The zero-order valence-corrected chi connectivity index (χ0v) is 17.6. The van der Waals surface area contributed by atoms with E-state index in [0.29, 0.717) is 23.4 Å². The molecule has 0 saturated carbocycles. The smallest absolute Gasteiger partial charge is 0.235 e. The van der Waals surface area contributed by atoms with Crippen molar-refractivity contribution < 1.29 is 17.9 Å². The highest BCUT2D eigenvalue weighted by Crippen LogP contribution is 2.44. The summed E-state index contributed by atoms with van der Waals surface area (Å²) in [5, 5.41) is 11.1. The van der Waals surface area contributed by atoms with Crippen LogP contribution < -0.4 is 9.04 Å². The van der Waals surface area contributed by atoms with Crippen molar-refractivity contribution >= 4 is 26.5 Å². The molecule has 0 unspecified atom stereocenters. The molecule has 3 aromatic rings. The molecule has 154 valence electrons. The van der Waals surface area contributed by atoms with Gasteiger partial charge >= 0.3 is 0 Å². The molecule has 7 heteroatoms. The van der Waals surface area contributed by atoms with Crippen molar-refractivity contribution in [3.05, 3.63) is 71.3 Å². The van der Waals surface area contributed by atoms with E-state index < -0.39 is 10.0 Å². The van der Waals surface area contributed by atoms with Crippen LogP contribution >= 0.6 is 0 Å². The van der Waals surface area contributed by atoms with Gasteiger partial charge in [0.05, 0.1) is 29.1 Å². The molecule has 1 aliphatic heterocycles. The second-order valence-corrected chi connectivity index (χ2v) is 9.33. The molecule has 30 heavy (non-hydrogen) atoms. The third kappa shape index (κ3) is 3.60. The van der Waals surface area contributed by atoms with Crippen molar-refractivity contribution in [2.45, 2.75) is 19.4 Å². The number of methoxy groups -OCH3 is 1. The van der Waals surface area contributed by atoms with E-state index in [-0.39, 0.29) is 18.6 Å². The van der Waals surface area contributed by atoms with Crippen LogP contribution in [0.25, 0.3) is 10.8 Å². The van der Waals surface area contributed by atoms with Crippen LogP contribution in [0.15, 0.2) is 54.6 Å². The molecule has 0 saturated heterocycles. The molecule has 0 N–H and O–H groups in total. The van der Waals surface area contributed by atoms with Crippen molar-refractivity contribution in [3.63, 3.8) is 0 Å². The van der Waals surface area contributed by atoms with Crippen LogP contribution in [0.4, 0.5) is 5.69 Å². The van der Waals surface area contributed by atoms with Crippen molar-refractivity contribution in [3.8, 4) is 11.8 Å². The lowest BCUT2D eigenvalue weighted by molar-refractivity contribution is 0.0511. The van der Waals surface area contributed by atoms with E-state index in [1.807, 2.05) is 36.4 Å². The summed E-state index contributed by atoms with van der Waals surface area (Å²) < 4.78 is 38.0. The van der Waals surface area contributed by atoms with Crippen LogP contribution in [-0.2, 0) is 21.2 Å². The molecule has 0 aromatic heterocycles. The molecular formula is C23H22N2O4S. The van der Waals surface area contributed by atoms with Crippen LogP contribution in [0.3, 0.4) is 0 Å². The summed E-state index contributed by atoms with van der Waals surface area (Å²) in [4.78, 5) is 0. The van der Waals surface area contributed by atoms with E-state index in [4.69, 9.17) is 9.47 Å². The quantitative estimate of drug-likeness (QED) is 0.558. The second-order valence-electron chi connectivity index (χ2n) is 7.19. The third-order valence-electron chi connectivity index (χ3n) is 5.37. The minimum Gasteiger partial charge on any atom is -0.468 e. The topological polar surface area (TPSA) is 79.6 Å². The number of ether oxygens (including phenoxy) is 2. The predicted molar refractivity (Wildman–Crippen MR) is 116 cm³/mol. The first-order valence-corrected chi connectivity index (χ1v) is 11.3. The summed E-state index contributed by atoms with van der Waals surface area (Å²) >= 11 is 0. The molecule has 0 radical (unpaired) electrons. The number of hydrogen-bond donors (Lipinski definition) is 0. The number of nitrogens with zero attached hydrogens (tertiary/aromatic N) is 2. The van der Waals surface area contributed by atoms with Gasteiger partial charge in [-0.1, -0.05) is 18.2 Å². The Bertz CT molecular complexity index is 1250. The zero-order valence-electron chi connectivity index (χ0n) is 16.8. The monoisotopic (exact) mass is 422 g/mol. The van der Waals surface area contributed by atoms with E-state index in [1.54, 1.807) is 32.2 Å². The van der Waals surface area contributed by atoms with Gasteiger partial charge in [-0.15, -0.1) is 0 Å². The molecule has 0 amide bonds. The first-order valence-electron chi connectivity index (χ1n) is 9.67. The number of benzene rings is 3. The summed E-state index contributed by atoms with van der Waals surface area (Å²) in [5.74, 6) is 0.652. The number of hydrogen-bond acceptors (Lipinski definition) is 5. The average molecular weight is 423 g/mol. The Morgan fingerprint density at radius 3 is 2.63 bits per heavy atom. The van der Waals surface area contributed by atoms with Gasteiger partial charge < -0.3 is 9.47 Å². The molecular weight excluding hydrogens is 400 g/mol. The minimum absolute atomic E-state index is 0.0109. The number of sulfonamides is 1. The van der Waals surface area contributed by atoms with Gasteiger partial charge in [-0.2, -0.15) is 5.26 Å². The minimum atomic E-state index is -3.49. The van der Waals surface area contributed by atoms with Gasteiger partial charge in [0, 0.05) is 13.5 Å². The van der Waals surface area contributed by atoms with Gasteiger partial charge in [0.15, 0.2) is 6.79 Å². The van der Waals surface area contributed by atoms with Crippen LogP contribution in [0.5, 0.6) is 5.75 Å². The number of rotatable bonds is 6. The number of fused-ring (bicyclic) bond motifs is 2. The van der Waals surface area contributed by atoms with Gasteiger partial charge in [0.25, 0.3) is 0 Å². The molecule has 6 nitrogen and oxygen atoms in total. The largest absolute Gasteiger partial charge is 0.468 e. The molecule has 3 aromatic carbocycles. The Morgan fingerprint density at radius 1 is 1.10 bits per heavy atom. The molecule has 0 bridgehead atoms. The Kier molecular flexibility index (Phi) is 5.37. The molecule has 1 heterocycles. The van der Waals surface area contributed by atoms with Crippen molar-refractivity contribution in [1.82, 2.24) is 0 Å². The summed E-state index contributed by atoms with van der Waals surface area (Å²) in [7, 11) is -1.94. The average Bonchev–Trinajstić information content (AvgIpc) is 3.16. The lowest BCUT2D eigenvalue weighted by Gasteiger charge is -2.27. The summed E-state index contributed by atoms with van der Waals surface area (Å²) in [6, 6.07) is 18.7. The van der Waals surface area contributed by atoms with Crippen LogP contribution in [0.2, 0.25) is 0 Å². The fourth-order valence-corrected chi connectivity index (χ4v) is 5.23. The van der Waals surface area contributed by atoms with Crippen LogP contribution in [0, 0.1) is 11.3 Å². The highest BCUT2D eigenvalue weighted by molar-refractivity contribution is 7.92. The highest BCUT2D eigenvalue weighted by Gasteiger charge is 2.37. The summed E-state index contributed by atoms with van der Waals surface area (Å²) in [6.07, 6.45) is 0.544. The Balaban J connectivity index is 1.79. The van der Waals surface area contributed by atoms with E-state index in [2.05, 4.69) is 6.07 Å². The van der Waals surface area contributed by atoms with Gasteiger partial charge in [-0.25, -0.2) is 8.42 Å². The molecule has 1 aliphatic rings. The predicted octanol–water partition coefficient (Wildman–Crippen LogP) is 4.15. The molecule has 4 rings (SSSR count). The van der Waals surface area contributed by atoms with Crippen LogP contribution in [-0.4, -0.2) is 28.1 Å². The number of anilines is 1. The highest BCUT2D eigenvalue weighted by atomic mass is 32.2. The van der Waals surface area contributed by atoms with Gasteiger partial charge in [-0.3, -0.25) is 4.31 Å². The molecule has 0 aliphatic carbocycles. The first-order chi connectivity index (χ1) is 14.5. The lowest BCUT2D eigenvalue weighted by atomic mass is 9.98. The fourth-order valence-electron chi connectivity index (χ4n) is 3.89. The van der Waals surface area contributed by atoms with Crippen molar-refractivity contribution in [1.29, 1.82) is 5.26 Å². The lowest BCUT2D eigenvalue weighted by Crippen LogP contribution is -2.33. The SMILES string of the molecule is CCS(=O)(=O)N1c2ccc(OCOC)cc2C[C@H]1c1ccc2ccc(C#N)cc2c1. The Labute approximate surface area is 176 Å². The Morgan fingerprint density at radius 2 is 1.90 bits per heavy atom. The zero-order chi connectivity index (χ0) is 21.3. The second kappa shape index (κ2) is 7.98. The van der Waals surface area contributed by atoms with Crippen LogP contribution in [0.1, 0.15) is 29.7 Å². The molecule has 0 fully saturated rings. The van der Waals surface area contributed by atoms with E-state index in [1.165, 1.54) is 4.31 Å². The summed E-state index contributed by atoms with van der Waals surface area (Å²) in [6.45, 7) is 1.78. The van der Waals surface area contributed by atoms with Gasteiger partial charge in [-0.05, 0) is 65.2 Å². The third-order valence-corrected chi connectivity index (χ3v) is 7.15. The Hall–Kier alpha value is -3.08. The number of nitriles is 1. The molecule has 0 spiro atoms. The van der Waals surface area contributed by atoms with E-state index >= 15 is 0 Å². The van der Waals surface area contributed by atoms with Crippen molar-refractivity contribution in [2.75, 3.05) is 24.0 Å². The van der Waals surface area contributed by atoms with Crippen molar-refractivity contribution in [2.24, 2.45) is 0 Å². The van der Waals surface area contributed by atoms with Gasteiger partial charge in [0.2, 0.25) is 10.0 Å². The van der Waals surface area contributed by atoms with E-state index in [9.17, 15) is 13.7 Å². The van der Waals surface area contributed by atoms with Gasteiger partial charge in [0.1, 0.15) is 5.75 Å². The summed E-state index contributed by atoms with van der Waals surface area (Å²) in [5.41, 5.74) is 3.06. The maximum Gasteiger partial charge on any atom is 0.235 e. The standard InChI is InChI=1S/C23H22N2O4S/c1-3-30(26,27)25-22-9-8-21(29-15-28-2)12-20(22)13-23(25)18-7-6-17-5-4-16(14-24)10-19(17)11-18/h4-12,23H,3,13,15H2,1-2H3/t23-/m0/s1. The normalized spacial score (nSPS) is 15.8. The molecule has 1 atom stereocenters. The maximum atomic E-state index is 13.0. The maximum absolute atomic E-state index is 13.0. The fraction of sp³-hybridized carbons (Fsp3) is 0.261. The van der Waals surface area contributed by atoms with E-state index in [0.717, 1.165) is 21.9 Å². The first kappa shape index (κ1) is 20.2.